The molecule has 9 heteroatoms. The van der Waals surface area contributed by atoms with Crippen LogP contribution in [0.4, 0.5) is 10.2 Å². The van der Waals surface area contributed by atoms with Crippen molar-refractivity contribution in [2.24, 2.45) is 17.6 Å². The summed E-state index contributed by atoms with van der Waals surface area (Å²) in [6.45, 7) is 2.06. The van der Waals surface area contributed by atoms with Gasteiger partial charge in [0.1, 0.15) is 28.5 Å². The van der Waals surface area contributed by atoms with Crippen molar-refractivity contribution in [2.75, 3.05) is 24.5 Å². The summed E-state index contributed by atoms with van der Waals surface area (Å²) in [5.74, 6) is 1.32. The molecule has 1 aliphatic heterocycles. The SMILES string of the molecule is NC[C@]1(c2ccccc2F)[C@@H]2CCN(c3cnc4c(-c5cnc6ccccn56)[nH]nc4n3)C[C@@H]21. The Balaban J connectivity index is 1.20. The van der Waals surface area contributed by atoms with Crippen LogP contribution >= 0.6 is 0 Å². The first-order chi connectivity index (χ1) is 16.7. The van der Waals surface area contributed by atoms with Crippen molar-refractivity contribution < 1.29 is 4.39 Å². The van der Waals surface area contributed by atoms with Crippen LogP contribution in [0.2, 0.25) is 0 Å². The Labute approximate surface area is 194 Å². The van der Waals surface area contributed by atoms with Crippen molar-refractivity contribution in [1.29, 1.82) is 0 Å². The van der Waals surface area contributed by atoms with Gasteiger partial charge in [-0.25, -0.2) is 19.3 Å². The fourth-order valence-electron chi connectivity index (χ4n) is 6.07. The van der Waals surface area contributed by atoms with Gasteiger partial charge in [-0.15, -0.1) is 0 Å². The molecule has 0 spiro atoms. The van der Waals surface area contributed by atoms with E-state index in [1.807, 2.05) is 47.1 Å². The first-order valence-corrected chi connectivity index (χ1v) is 11.5. The van der Waals surface area contributed by atoms with E-state index in [1.165, 1.54) is 6.07 Å². The summed E-state index contributed by atoms with van der Waals surface area (Å²) in [7, 11) is 0. The van der Waals surface area contributed by atoms with E-state index in [-0.39, 0.29) is 11.2 Å². The van der Waals surface area contributed by atoms with E-state index in [1.54, 1.807) is 12.3 Å². The number of pyridine rings is 1. The van der Waals surface area contributed by atoms with Gasteiger partial charge in [0, 0.05) is 31.2 Å². The molecule has 5 aromatic rings. The lowest BCUT2D eigenvalue weighted by Crippen LogP contribution is -2.32. The zero-order chi connectivity index (χ0) is 22.9. The van der Waals surface area contributed by atoms with E-state index in [2.05, 4.69) is 20.1 Å². The van der Waals surface area contributed by atoms with E-state index in [4.69, 9.17) is 15.7 Å². The number of hydrogen-bond acceptors (Lipinski definition) is 6. The van der Waals surface area contributed by atoms with Crippen LogP contribution in [-0.4, -0.2) is 49.2 Å². The Morgan fingerprint density at radius 2 is 1.97 bits per heavy atom. The van der Waals surface area contributed by atoms with E-state index in [9.17, 15) is 4.39 Å². The highest BCUT2D eigenvalue weighted by molar-refractivity contribution is 5.87. The number of aromatic nitrogens is 6. The Kier molecular flexibility index (Phi) is 4.08. The van der Waals surface area contributed by atoms with Gasteiger partial charge in [0.05, 0.1) is 18.1 Å². The van der Waals surface area contributed by atoms with E-state index < -0.39 is 0 Å². The number of nitrogens with zero attached hydrogens (tertiary/aromatic N) is 6. The summed E-state index contributed by atoms with van der Waals surface area (Å²) in [4.78, 5) is 16.2. The molecule has 0 amide bonds. The molecular formula is C25H23FN8. The second-order valence-corrected chi connectivity index (χ2v) is 9.24. The first-order valence-electron chi connectivity index (χ1n) is 11.5. The normalized spacial score (nSPS) is 24.0. The first kappa shape index (κ1) is 19.6. The molecule has 0 radical (unpaired) electrons. The summed E-state index contributed by atoms with van der Waals surface area (Å²) in [6, 6.07) is 12.9. The summed E-state index contributed by atoms with van der Waals surface area (Å²) in [5, 5.41) is 7.53. The van der Waals surface area contributed by atoms with E-state index >= 15 is 0 Å². The zero-order valence-corrected chi connectivity index (χ0v) is 18.4. The molecule has 4 aromatic heterocycles. The lowest BCUT2D eigenvalue weighted by molar-refractivity contribution is 0.533. The second-order valence-electron chi connectivity index (χ2n) is 9.24. The Bertz CT molecular complexity index is 1540. The maximum atomic E-state index is 14.7. The van der Waals surface area contributed by atoms with Gasteiger partial charge in [-0.05, 0) is 42.0 Å². The van der Waals surface area contributed by atoms with Gasteiger partial charge in [-0.3, -0.25) is 9.50 Å². The molecule has 3 N–H and O–H groups in total. The topological polar surface area (TPSA) is 101 Å². The number of nitrogens with one attached hydrogen (secondary N) is 1. The number of imidazole rings is 1. The van der Waals surface area contributed by atoms with Gasteiger partial charge in [-0.1, -0.05) is 24.3 Å². The van der Waals surface area contributed by atoms with Crippen molar-refractivity contribution in [1.82, 2.24) is 29.5 Å². The largest absolute Gasteiger partial charge is 0.355 e. The molecule has 0 unspecified atom stereocenters. The smallest absolute Gasteiger partial charge is 0.202 e. The number of aromatic amines is 1. The molecule has 170 valence electrons. The lowest BCUT2D eigenvalue weighted by atomic mass is 9.91. The average Bonchev–Trinajstić information content (AvgIpc) is 3.14. The minimum Gasteiger partial charge on any atom is -0.355 e. The molecule has 1 aromatic carbocycles. The number of anilines is 1. The lowest BCUT2D eigenvalue weighted by Gasteiger charge is -2.26. The third-order valence-electron chi connectivity index (χ3n) is 7.79. The molecular weight excluding hydrogens is 431 g/mol. The third-order valence-corrected chi connectivity index (χ3v) is 7.79. The summed E-state index contributed by atoms with van der Waals surface area (Å²) < 4.78 is 16.6. The number of benzene rings is 1. The van der Waals surface area contributed by atoms with Crippen LogP contribution in [0.25, 0.3) is 28.2 Å². The van der Waals surface area contributed by atoms with Gasteiger partial charge < -0.3 is 10.6 Å². The minimum absolute atomic E-state index is 0.161. The standard InChI is InChI=1S/C25H23FN8/c26-18-6-2-1-5-16(18)25(14-27)15-8-10-33(13-17(15)25)21-12-29-23-22(31-32-24(23)30-21)19-11-28-20-7-3-4-9-34(19)20/h1-7,9,11-12,15,17H,8,10,13-14,27H2,(H,30,31,32)/t15-,17+,25-/m1/s1. The third kappa shape index (κ3) is 2.61. The number of nitrogens with two attached hydrogens (primary N) is 1. The average molecular weight is 455 g/mol. The molecule has 2 aliphatic rings. The van der Waals surface area contributed by atoms with Gasteiger partial charge in [0.25, 0.3) is 0 Å². The minimum atomic E-state index is -0.291. The van der Waals surface area contributed by atoms with Gasteiger partial charge >= 0.3 is 0 Å². The van der Waals surface area contributed by atoms with Crippen LogP contribution in [0.1, 0.15) is 12.0 Å². The maximum Gasteiger partial charge on any atom is 0.202 e. The second kappa shape index (κ2) is 7.07. The number of H-pyrrole nitrogens is 1. The van der Waals surface area contributed by atoms with Crippen LogP contribution in [0, 0.1) is 17.7 Å². The van der Waals surface area contributed by atoms with Gasteiger partial charge in [-0.2, -0.15) is 5.10 Å². The summed E-state index contributed by atoms with van der Waals surface area (Å²) >= 11 is 0. The molecule has 2 fully saturated rings. The number of hydrogen-bond donors (Lipinski definition) is 2. The Morgan fingerprint density at radius 1 is 1.09 bits per heavy atom. The molecule has 1 saturated carbocycles. The van der Waals surface area contributed by atoms with Crippen LogP contribution in [0.5, 0.6) is 0 Å². The molecule has 34 heavy (non-hydrogen) atoms. The van der Waals surface area contributed by atoms with E-state index in [0.29, 0.717) is 29.5 Å². The molecule has 8 nitrogen and oxygen atoms in total. The van der Waals surface area contributed by atoms with Crippen LogP contribution in [0.15, 0.2) is 61.1 Å². The number of fused-ring (bicyclic) bond motifs is 3. The van der Waals surface area contributed by atoms with Crippen LogP contribution in [0.3, 0.4) is 0 Å². The number of piperidine rings is 1. The zero-order valence-electron chi connectivity index (χ0n) is 18.4. The van der Waals surface area contributed by atoms with Crippen molar-refractivity contribution in [3.63, 3.8) is 0 Å². The van der Waals surface area contributed by atoms with Gasteiger partial charge in [0.15, 0.2) is 0 Å². The highest BCUT2D eigenvalue weighted by Crippen LogP contribution is 2.63. The quantitative estimate of drug-likeness (QED) is 0.433. The Hall–Kier alpha value is -3.85. The molecule has 1 saturated heterocycles. The van der Waals surface area contributed by atoms with Crippen LogP contribution < -0.4 is 10.6 Å². The highest BCUT2D eigenvalue weighted by atomic mass is 19.1. The van der Waals surface area contributed by atoms with Crippen LogP contribution in [-0.2, 0) is 5.41 Å². The molecule has 1 aliphatic carbocycles. The fourth-order valence-corrected chi connectivity index (χ4v) is 6.07. The highest BCUT2D eigenvalue weighted by Gasteiger charge is 2.66. The summed E-state index contributed by atoms with van der Waals surface area (Å²) in [6.07, 6.45) is 6.53. The molecule has 7 rings (SSSR count). The predicted octanol–water partition coefficient (Wildman–Crippen LogP) is 3.16. The van der Waals surface area contributed by atoms with Crippen molar-refractivity contribution in [3.8, 4) is 11.4 Å². The van der Waals surface area contributed by atoms with Crippen molar-refractivity contribution in [2.45, 2.75) is 11.8 Å². The molecule has 5 heterocycles. The summed E-state index contributed by atoms with van der Waals surface area (Å²) in [5.41, 5.74) is 10.5. The van der Waals surface area contributed by atoms with Crippen molar-refractivity contribution in [3.05, 3.63) is 72.4 Å². The van der Waals surface area contributed by atoms with E-state index in [0.717, 1.165) is 47.9 Å². The predicted molar refractivity (Wildman–Crippen MR) is 127 cm³/mol. The number of halogens is 1. The fraction of sp³-hybridized carbons (Fsp3) is 0.280. The molecule has 3 atom stereocenters. The number of rotatable bonds is 4. The van der Waals surface area contributed by atoms with Gasteiger partial charge in [0.2, 0.25) is 5.65 Å². The maximum absolute atomic E-state index is 14.7. The Morgan fingerprint density at radius 3 is 2.85 bits per heavy atom. The monoisotopic (exact) mass is 454 g/mol. The van der Waals surface area contributed by atoms with Crippen molar-refractivity contribution >= 4 is 22.6 Å². The molecule has 0 bridgehead atoms.